The molecule has 0 bridgehead atoms. The van der Waals surface area contributed by atoms with Crippen molar-refractivity contribution in [1.29, 1.82) is 0 Å². The number of nitrogens with zero attached hydrogens (tertiary/aromatic N) is 2. The van der Waals surface area contributed by atoms with Gasteiger partial charge in [-0.3, -0.25) is 10.1 Å². The first kappa shape index (κ1) is 16.7. The van der Waals surface area contributed by atoms with E-state index in [0.29, 0.717) is 28.0 Å². The molecule has 0 aliphatic carbocycles. The molecule has 3 aromatic rings. The highest BCUT2D eigenvalue weighted by atomic mass is 32.1. The standard InChI is InChI=1S/C15H13N3O3S3/c1-3-21-14(20)11-8(2)16-15(24-11)18-12(19)10-7-23-13(17-10)9-4-5-22-6-9/h4-7H,3H2,1-2H3,(H,16,18,19). The lowest BCUT2D eigenvalue weighted by Gasteiger charge is -1.98. The van der Waals surface area contributed by atoms with Crippen LogP contribution in [0.3, 0.4) is 0 Å². The molecule has 0 radical (unpaired) electrons. The number of esters is 1. The zero-order valence-corrected chi connectivity index (χ0v) is 15.3. The molecule has 6 nitrogen and oxygen atoms in total. The largest absolute Gasteiger partial charge is 0.462 e. The van der Waals surface area contributed by atoms with Crippen molar-refractivity contribution < 1.29 is 14.3 Å². The summed E-state index contributed by atoms with van der Waals surface area (Å²) >= 11 is 4.08. The van der Waals surface area contributed by atoms with Gasteiger partial charge in [0.25, 0.3) is 5.91 Å². The number of thiophene rings is 1. The van der Waals surface area contributed by atoms with Crippen LogP contribution in [-0.2, 0) is 4.74 Å². The van der Waals surface area contributed by atoms with Crippen molar-refractivity contribution in [2.45, 2.75) is 13.8 Å². The van der Waals surface area contributed by atoms with Gasteiger partial charge in [0.05, 0.1) is 12.3 Å². The molecular weight excluding hydrogens is 366 g/mol. The van der Waals surface area contributed by atoms with E-state index >= 15 is 0 Å². The Balaban J connectivity index is 1.73. The summed E-state index contributed by atoms with van der Waals surface area (Å²) < 4.78 is 4.97. The lowest BCUT2D eigenvalue weighted by molar-refractivity contribution is 0.0531. The number of carbonyl (C=O) groups excluding carboxylic acids is 2. The molecule has 3 rings (SSSR count). The third-order valence-electron chi connectivity index (χ3n) is 2.98. The Hall–Kier alpha value is -2.10. The first-order chi connectivity index (χ1) is 11.6. The van der Waals surface area contributed by atoms with Gasteiger partial charge < -0.3 is 4.74 Å². The van der Waals surface area contributed by atoms with E-state index in [1.54, 1.807) is 30.6 Å². The van der Waals surface area contributed by atoms with Crippen LogP contribution in [-0.4, -0.2) is 28.5 Å². The second-order valence-electron chi connectivity index (χ2n) is 4.66. The highest BCUT2D eigenvalue weighted by Crippen LogP contribution is 2.27. The summed E-state index contributed by atoms with van der Waals surface area (Å²) in [5.74, 6) is -0.779. The minimum absolute atomic E-state index is 0.294. The first-order valence-electron chi connectivity index (χ1n) is 7.02. The molecule has 0 aromatic carbocycles. The Bertz CT molecular complexity index is 868. The number of hydrogen-bond acceptors (Lipinski definition) is 8. The van der Waals surface area contributed by atoms with E-state index in [0.717, 1.165) is 21.9 Å². The minimum Gasteiger partial charge on any atom is -0.462 e. The van der Waals surface area contributed by atoms with Crippen molar-refractivity contribution in [3.63, 3.8) is 0 Å². The molecule has 0 saturated heterocycles. The zero-order valence-electron chi connectivity index (χ0n) is 12.9. The summed E-state index contributed by atoms with van der Waals surface area (Å²) in [5, 5.41) is 9.48. The van der Waals surface area contributed by atoms with Crippen LogP contribution in [0, 0.1) is 6.92 Å². The molecule has 3 heterocycles. The van der Waals surface area contributed by atoms with Gasteiger partial charge in [-0.2, -0.15) is 11.3 Å². The van der Waals surface area contributed by atoms with Crippen molar-refractivity contribution in [3.05, 3.63) is 38.5 Å². The monoisotopic (exact) mass is 379 g/mol. The number of aryl methyl sites for hydroxylation is 1. The fourth-order valence-electron chi connectivity index (χ4n) is 1.89. The van der Waals surface area contributed by atoms with Gasteiger partial charge in [0.1, 0.15) is 15.6 Å². The van der Waals surface area contributed by atoms with Gasteiger partial charge in [0.15, 0.2) is 5.13 Å². The third kappa shape index (κ3) is 3.53. The average molecular weight is 379 g/mol. The van der Waals surface area contributed by atoms with Crippen LogP contribution in [0.25, 0.3) is 10.6 Å². The maximum atomic E-state index is 12.3. The van der Waals surface area contributed by atoms with Crippen molar-refractivity contribution in [2.75, 3.05) is 11.9 Å². The van der Waals surface area contributed by atoms with Crippen molar-refractivity contribution in [2.24, 2.45) is 0 Å². The van der Waals surface area contributed by atoms with Crippen LogP contribution in [0.2, 0.25) is 0 Å². The Morgan fingerprint density at radius 2 is 2.12 bits per heavy atom. The predicted molar refractivity (Wildman–Crippen MR) is 96.2 cm³/mol. The van der Waals surface area contributed by atoms with Gasteiger partial charge in [0, 0.05) is 16.3 Å². The van der Waals surface area contributed by atoms with E-state index < -0.39 is 5.97 Å². The Labute approximate surface area is 150 Å². The fraction of sp³-hybridized carbons (Fsp3) is 0.200. The van der Waals surface area contributed by atoms with Gasteiger partial charge in [-0.15, -0.1) is 11.3 Å². The Morgan fingerprint density at radius 1 is 1.29 bits per heavy atom. The van der Waals surface area contributed by atoms with Gasteiger partial charge in [-0.1, -0.05) is 11.3 Å². The smallest absolute Gasteiger partial charge is 0.350 e. The van der Waals surface area contributed by atoms with Crippen LogP contribution in [0.1, 0.15) is 32.8 Å². The molecule has 24 heavy (non-hydrogen) atoms. The molecule has 9 heteroatoms. The van der Waals surface area contributed by atoms with Crippen LogP contribution in [0.15, 0.2) is 22.2 Å². The van der Waals surface area contributed by atoms with Gasteiger partial charge in [0.2, 0.25) is 0 Å². The van der Waals surface area contributed by atoms with Crippen LogP contribution < -0.4 is 5.32 Å². The van der Waals surface area contributed by atoms with Crippen LogP contribution >= 0.6 is 34.0 Å². The van der Waals surface area contributed by atoms with Gasteiger partial charge >= 0.3 is 5.97 Å². The molecule has 1 amide bonds. The highest BCUT2D eigenvalue weighted by molar-refractivity contribution is 7.17. The molecule has 0 atom stereocenters. The fourth-order valence-corrected chi connectivity index (χ4v) is 4.26. The van der Waals surface area contributed by atoms with E-state index in [4.69, 9.17) is 4.74 Å². The lowest BCUT2D eigenvalue weighted by Crippen LogP contribution is -2.12. The van der Waals surface area contributed by atoms with E-state index in [9.17, 15) is 9.59 Å². The molecule has 0 unspecified atom stereocenters. The molecular formula is C15H13N3O3S3. The normalized spacial score (nSPS) is 10.6. The second-order valence-corrected chi connectivity index (χ2v) is 7.30. The average Bonchev–Trinajstić information content (AvgIpc) is 3.27. The maximum absolute atomic E-state index is 12.3. The van der Waals surface area contributed by atoms with Crippen molar-refractivity contribution >= 4 is 51.0 Å². The summed E-state index contributed by atoms with van der Waals surface area (Å²) in [6, 6.07) is 1.96. The molecule has 124 valence electrons. The summed E-state index contributed by atoms with van der Waals surface area (Å²) in [4.78, 5) is 33.0. The summed E-state index contributed by atoms with van der Waals surface area (Å²) in [7, 11) is 0. The van der Waals surface area contributed by atoms with E-state index in [1.165, 1.54) is 11.3 Å². The summed E-state index contributed by atoms with van der Waals surface area (Å²) in [6.07, 6.45) is 0. The van der Waals surface area contributed by atoms with E-state index in [2.05, 4.69) is 15.3 Å². The van der Waals surface area contributed by atoms with Crippen molar-refractivity contribution in [1.82, 2.24) is 9.97 Å². The summed E-state index contributed by atoms with van der Waals surface area (Å²) in [5.41, 5.74) is 1.86. The number of ether oxygens (including phenoxy) is 1. The number of thiazole rings is 2. The predicted octanol–water partition coefficient (Wildman–Crippen LogP) is 4.07. The topological polar surface area (TPSA) is 81.2 Å². The number of hydrogen-bond donors (Lipinski definition) is 1. The van der Waals surface area contributed by atoms with Crippen LogP contribution in [0.5, 0.6) is 0 Å². The summed E-state index contributed by atoms with van der Waals surface area (Å²) in [6.45, 7) is 3.74. The zero-order chi connectivity index (χ0) is 17.1. The molecule has 0 spiro atoms. The highest BCUT2D eigenvalue weighted by Gasteiger charge is 2.19. The number of rotatable bonds is 5. The number of amides is 1. The molecule has 0 aliphatic rings. The SMILES string of the molecule is CCOC(=O)c1sc(NC(=O)c2csc(-c3ccsc3)n2)nc1C. The quantitative estimate of drug-likeness (QED) is 0.676. The molecule has 0 aliphatic heterocycles. The van der Waals surface area contributed by atoms with E-state index in [1.807, 2.05) is 16.8 Å². The Kier molecular flexibility index (Phi) is 5.03. The van der Waals surface area contributed by atoms with Crippen molar-refractivity contribution in [3.8, 4) is 10.6 Å². The van der Waals surface area contributed by atoms with Gasteiger partial charge in [-0.05, 0) is 25.3 Å². The lowest BCUT2D eigenvalue weighted by atomic mass is 10.3. The maximum Gasteiger partial charge on any atom is 0.350 e. The number of carbonyl (C=O) groups is 2. The van der Waals surface area contributed by atoms with Crippen LogP contribution in [0.4, 0.5) is 5.13 Å². The first-order valence-corrected chi connectivity index (χ1v) is 9.66. The second kappa shape index (κ2) is 7.20. The van der Waals surface area contributed by atoms with E-state index in [-0.39, 0.29) is 5.91 Å². The Morgan fingerprint density at radius 3 is 2.83 bits per heavy atom. The molecule has 0 fully saturated rings. The third-order valence-corrected chi connectivity index (χ3v) is 5.61. The minimum atomic E-state index is -0.429. The number of aromatic nitrogens is 2. The number of anilines is 1. The molecule has 1 N–H and O–H groups in total. The number of nitrogens with one attached hydrogen (secondary N) is 1. The van der Waals surface area contributed by atoms with Gasteiger partial charge in [-0.25, -0.2) is 14.8 Å². The molecule has 0 saturated carbocycles. The molecule has 3 aromatic heterocycles.